The van der Waals surface area contributed by atoms with Crippen molar-refractivity contribution in [2.45, 2.75) is 0 Å². The van der Waals surface area contributed by atoms with E-state index in [1.54, 1.807) is 18.2 Å². The van der Waals surface area contributed by atoms with E-state index in [4.69, 9.17) is 23.7 Å². The van der Waals surface area contributed by atoms with Gasteiger partial charge in [-0.25, -0.2) is 4.79 Å². The Bertz CT molecular complexity index is 1190. The Morgan fingerprint density at radius 3 is 2.19 bits per heavy atom. The van der Waals surface area contributed by atoms with Gasteiger partial charge in [-0.15, -0.1) is 0 Å². The van der Waals surface area contributed by atoms with Crippen molar-refractivity contribution in [2.24, 2.45) is 0 Å². The Kier molecular flexibility index (Phi) is 5.81. The first-order valence-electron chi connectivity index (χ1n) is 9.69. The summed E-state index contributed by atoms with van der Waals surface area (Å²) in [5.74, 6) is 0.936. The molecule has 1 heterocycles. The van der Waals surface area contributed by atoms with Gasteiger partial charge < -0.3 is 23.7 Å². The molecule has 162 valence electrons. The zero-order valence-corrected chi connectivity index (χ0v) is 17.7. The number of Topliss-reactive ketones (excluding diaryl/α,β-unsaturated/α-hetero) is 1. The molecule has 7 nitrogen and oxygen atoms in total. The highest BCUT2D eigenvalue weighted by atomic mass is 16.5. The van der Waals surface area contributed by atoms with Crippen molar-refractivity contribution < 1.29 is 33.3 Å². The molecule has 1 aliphatic rings. The Balaban J connectivity index is 1.57. The van der Waals surface area contributed by atoms with Gasteiger partial charge in [0.2, 0.25) is 11.5 Å². The smallest absolute Gasteiger partial charge is 0.343 e. The fourth-order valence-electron chi connectivity index (χ4n) is 3.30. The number of esters is 1. The van der Waals surface area contributed by atoms with E-state index >= 15 is 0 Å². The second-order valence-corrected chi connectivity index (χ2v) is 6.81. The Morgan fingerprint density at radius 2 is 1.56 bits per heavy atom. The zero-order valence-electron chi connectivity index (χ0n) is 17.7. The quantitative estimate of drug-likeness (QED) is 0.321. The average Bonchev–Trinajstić information content (AvgIpc) is 3.12. The number of fused-ring (bicyclic) bond motifs is 1. The first-order chi connectivity index (χ1) is 15.5. The van der Waals surface area contributed by atoms with E-state index in [9.17, 15) is 9.59 Å². The fourth-order valence-corrected chi connectivity index (χ4v) is 3.30. The molecule has 0 radical (unpaired) electrons. The molecule has 0 aliphatic carbocycles. The number of ketones is 1. The van der Waals surface area contributed by atoms with Gasteiger partial charge in [0.25, 0.3) is 0 Å². The van der Waals surface area contributed by atoms with E-state index in [2.05, 4.69) is 0 Å². The van der Waals surface area contributed by atoms with Crippen molar-refractivity contribution in [3.63, 3.8) is 0 Å². The summed E-state index contributed by atoms with van der Waals surface area (Å²) in [6.45, 7) is 0. The summed E-state index contributed by atoms with van der Waals surface area (Å²) in [5.41, 5.74) is 1.46. The van der Waals surface area contributed by atoms with Crippen LogP contribution in [0.5, 0.6) is 28.7 Å². The van der Waals surface area contributed by atoms with Crippen LogP contribution in [0.3, 0.4) is 0 Å². The summed E-state index contributed by atoms with van der Waals surface area (Å²) < 4.78 is 27.0. The van der Waals surface area contributed by atoms with Crippen LogP contribution < -0.4 is 23.7 Å². The Morgan fingerprint density at radius 1 is 0.875 bits per heavy atom. The van der Waals surface area contributed by atoms with Gasteiger partial charge in [-0.05, 0) is 35.9 Å². The summed E-state index contributed by atoms with van der Waals surface area (Å²) >= 11 is 0. The third kappa shape index (κ3) is 4.00. The maximum atomic E-state index is 12.7. The van der Waals surface area contributed by atoms with Crippen molar-refractivity contribution in [1.82, 2.24) is 0 Å². The minimum Gasteiger partial charge on any atom is -0.493 e. The third-order valence-electron chi connectivity index (χ3n) is 4.85. The largest absolute Gasteiger partial charge is 0.493 e. The predicted octanol–water partition coefficient (Wildman–Crippen LogP) is 4.55. The van der Waals surface area contributed by atoms with Crippen molar-refractivity contribution in [3.05, 3.63) is 83.1 Å². The van der Waals surface area contributed by atoms with E-state index in [1.165, 1.54) is 39.5 Å². The number of hydrogen-bond donors (Lipinski definition) is 0. The van der Waals surface area contributed by atoms with E-state index < -0.39 is 5.97 Å². The highest BCUT2D eigenvalue weighted by molar-refractivity contribution is 6.14. The maximum absolute atomic E-state index is 12.7. The lowest BCUT2D eigenvalue weighted by Gasteiger charge is -2.13. The number of benzene rings is 3. The van der Waals surface area contributed by atoms with Gasteiger partial charge in [0.15, 0.2) is 17.3 Å². The normalized spacial score (nSPS) is 13.3. The molecule has 3 aromatic rings. The zero-order chi connectivity index (χ0) is 22.7. The van der Waals surface area contributed by atoms with Gasteiger partial charge in [-0.2, -0.15) is 0 Å². The highest BCUT2D eigenvalue weighted by Gasteiger charge is 2.28. The SMILES string of the molecule is COc1cc(C(=O)Oc2ccc3c(c2)OC(=Cc2ccccc2)C3=O)cc(OC)c1OC. The molecule has 0 bridgehead atoms. The summed E-state index contributed by atoms with van der Waals surface area (Å²) in [6.07, 6.45) is 1.67. The number of methoxy groups -OCH3 is 3. The first-order valence-corrected chi connectivity index (χ1v) is 9.69. The lowest BCUT2D eigenvalue weighted by molar-refractivity contribution is 0.0733. The van der Waals surface area contributed by atoms with Crippen LogP contribution in [0, 0.1) is 0 Å². The Hall–Kier alpha value is -4.26. The average molecular weight is 432 g/mol. The van der Waals surface area contributed by atoms with Crippen molar-refractivity contribution in [2.75, 3.05) is 21.3 Å². The molecule has 0 N–H and O–H groups in total. The number of allylic oxidation sites excluding steroid dienone is 1. The van der Waals surface area contributed by atoms with Gasteiger partial charge in [-0.3, -0.25) is 4.79 Å². The van der Waals surface area contributed by atoms with Crippen LogP contribution in [-0.2, 0) is 0 Å². The van der Waals surface area contributed by atoms with E-state index in [0.717, 1.165) is 5.56 Å². The highest BCUT2D eigenvalue weighted by Crippen LogP contribution is 2.39. The molecule has 4 rings (SSSR count). The summed E-state index contributed by atoms with van der Waals surface area (Å²) in [4.78, 5) is 25.3. The van der Waals surface area contributed by atoms with Crippen LogP contribution in [0.25, 0.3) is 6.08 Å². The second-order valence-electron chi connectivity index (χ2n) is 6.81. The van der Waals surface area contributed by atoms with E-state index in [-0.39, 0.29) is 22.9 Å². The van der Waals surface area contributed by atoms with Gasteiger partial charge in [-0.1, -0.05) is 30.3 Å². The molecule has 7 heteroatoms. The van der Waals surface area contributed by atoms with Gasteiger partial charge in [0.1, 0.15) is 11.5 Å². The monoisotopic (exact) mass is 432 g/mol. The molecule has 0 spiro atoms. The maximum Gasteiger partial charge on any atom is 0.343 e. The fraction of sp³-hybridized carbons (Fsp3) is 0.120. The lowest BCUT2D eigenvalue weighted by atomic mass is 10.1. The molecule has 0 saturated heterocycles. The molecule has 3 aromatic carbocycles. The standard InChI is InChI=1S/C25H20O7/c1-28-21-12-16(13-22(29-2)24(21)30-3)25(27)31-17-9-10-18-19(14-17)32-20(23(18)26)11-15-7-5-4-6-8-15/h4-14H,1-3H3. The molecular formula is C25H20O7. The molecule has 0 fully saturated rings. The van der Waals surface area contributed by atoms with Crippen LogP contribution >= 0.6 is 0 Å². The van der Waals surface area contributed by atoms with Crippen LogP contribution in [0.15, 0.2) is 66.4 Å². The minimum absolute atomic E-state index is 0.208. The van der Waals surface area contributed by atoms with Crippen LogP contribution in [0.1, 0.15) is 26.3 Å². The molecule has 1 aliphatic heterocycles. The first kappa shape index (κ1) is 21.0. The number of ether oxygens (including phenoxy) is 5. The molecular weight excluding hydrogens is 412 g/mol. The van der Waals surface area contributed by atoms with Gasteiger partial charge in [0.05, 0.1) is 32.5 Å². The molecule has 0 atom stereocenters. The minimum atomic E-state index is -0.631. The number of carbonyl (C=O) groups excluding carboxylic acids is 2. The Labute approximate surface area is 184 Å². The second kappa shape index (κ2) is 8.85. The number of hydrogen-bond acceptors (Lipinski definition) is 7. The van der Waals surface area contributed by atoms with E-state index in [0.29, 0.717) is 28.6 Å². The summed E-state index contributed by atoms with van der Waals surface area (Å²) in [6, 6.07) is 17.0. The molecule has 0 aromatic heterocycles. The summed E-state index contributed by atoms with van der Waals surface area (Å²) in [7, 11) is 4.40. The predicted molar refractivity (Wildman–Crippen MR) is 117 cm³/mol. The van der Waals surface area contributed by atoms with Crippen LogP contribution in [0.4, 0.5) is 0 Å². The van der Waals surface area contributed by atoms with Gasteiger partial charge in [0, 0.05) is 6.07 Å². The topological polar surface area (TPSA) is 80.3 Å². The lowest BCUT2D eigenvalue weighted by Crippen LogP contribution is -2.09. The molecule has 0 unspecified atom stereocenters. The van der Waals surface area contributed by atoms with Crippen molar-refractivity contribution in [1.29, 1.82) is 0 Å². The van der Waals surface area contributed by atoms with Gasteiger partial charge >= 0.3 is 5.97 Å². The molecule has 0 amide bonds. The van der Waals surface area contributed by atoms with Crippen LogP contribution in [-0.4, -0.2) is 33.1 Å². The number of carbonyl (C=O) groups is 2. The molecule has 32 heavy (non-hydrogen) atoms. The number of rotatable bonds is 6. The third-order valence-corrected chi connectivity index (χ3v) is 4.85. The summed E-state index contributed by atoms with van der Waals surface area (Å²) in [5, 5.41) is 0. The molecule has 0 saturated carbocycles. The van der Waals surface area contributed by atoms with Crippen molar-refractivity contribution in [3.8, 4) is 28.7 Å². The van der Waals surface area contributed by atoms with Crippen LogP contribution in [0.2, 0.25) is 0 Å². The van der Waals surface area contributed by atoms with E-state index in [1.807, 2.05) is 30.3 Å². The van der Waals surface area contributed by atoms with Crippen molar-refractivity contribution >= 4 is 17.8 Å².